The lowest BCUT2D eigenvalue weighted by Crippen LogP contribution is -2.30. The van der Waals surface area contributed by atoms with Gasteiger partial charge in [-0.05, 0) is 31.6 Å². The summed E-state index contributed by atoms with van der Waals surface area (Å²) in [5.41, 5.74) is 0. The van der Waals surface area contributed by atoms with Crippen molar-refractivity contribution < 1.29 is 80.2 Å². The zero-order valence-corrected chi connectivity index (χ0v) is 79.9. The molecule has 0 aliphatic rings. The van der Waals surface area contributed by atoms with Crippen LogP contribution < -0.4 is 0 Å². The Labute approximate surface area is 728 Å². The van der Waals surface area contributed by atoms with Crippen LogP contribution in [0.1, 0.15) is 548 Å². The number of phosphoric acid groups is 2. The molecule has 2 unspecified atom stereocenters. The molecule has 0 spiro atoms. The maximum absolute atomic E-state index is 13.2. The van der Waals surface area contributed by atoms with Gasteiger partial charge in [-0.15, -0.1) is 0 Å². The van der Waals surface area contributed by atoms with Crippen LogP contribution in [0.4, 0.5) is 0 Å². The van der Waals surface area contributed by atoms with Crippen LogP contribution in [0.15, 0.2) is 0 Å². The summed E-state index contributed by atoms with van der Waals surface area (Å²) in [4.78, 5) is 73.7. The quantitative estimate of drug-likeness (QED) is 0.0222. The number of carbonyl (C=O) groups excluding carboxylic acids is 4. The van der Waals surface area contributed by atoms with Gasteiger partial charge in [0, 0.05) is 25.7 Å². The van der Waals surface area contributed by atoms with Crippen molar-refractivity contribution in [3.8, 4) is 0 Å². The third-order valence-electron chi connectivity index (χ3n) is 23.5. The fraction of sp³-hybridized carbons (Fsp3) is 0.960. The third kappa shape index (κ3) is 91.7. The Balaban J connectivity index is 5.22. The van der Waals surface area contributed by atoms with Crippen LogP contribution in [0.5, 0.6) is 0 Å². The minimum atomic E-state index is -4.97. The second-order valence-electron chi connectivity index (χ2n) is 36.0. The van der Waals surface area contributed by atoms with Crippen LogP contribution in [0.2, 0.25) is 0 Å². The molecule has 19 heteroatoms. The summed E-state index contributed by atoms with van der Waals surface area (Å²) >= 11 is 0. The molecular formula is C99H194O17P2. The molecule has 3 N–H and O–H groups in total. The lowest BCUT2D eigenvalue weighted by atomic mass is 10.0. The third-order valence-corrected chi connectivity index (χ3v) is 25.4. The SMILES string of the molecule is CCCCCCCCCCCCCCCCCCCCCCCCC(=O)OC[C@H](COP(=O)(O)OC[C@@H](O)COP(=O)(O)OC[C@@H](COC(=O)CCCCCCCCCCCC(C)C)OC(=O)CCCCCCCCCCCCCCCCCCCCCCCC)OC(=O)CCCCCCCCCCCCCCCCCCCCCCCC. The molecule has 0 aromatic rings. The maximum atomic E-state index is 13.2. The van der Waals surface area contributed by atoms with Crippen molar-refractivity contribution in [3.05, 3.63) is 0 Å². The zero-order chi connectivity index (χ0) is 86.1. The molecule has 118 heavy (non-hydrogen) atoms. The predicted molar refractivity (Wildman–Crippen MR) is 492 cm³/mol. The summed E-state index contributed by atoms with van der Waals surface area (Å²) in [5.74, 6) is -1.34. The predicted octanol–water partition coefficient (Wildman–Crippen LogP) is 31.4. The number of phosphoric ester groups is 2. The minimum Gasteiger partial charge on any atom is -0.462 e. The first-order valence-electron chi connectivity index (χ1n) is 51.1. The highest BCUT2D eigenvalue weighted by atomic mass is 31.2. The van der Waals surface area contributed by atoms with Gasteiger partial charge in [0.1, 0.15) is 19.3 Å². The van der Waals surface area contributed by atoms with Crippen LogP contribution in [-0.4, -0.2) is 96.7 Å². The first-order chi connectivity index (χ1) is 57.5. The second kappa shape index (κ2) is 91.3. The highest BCUT2D eigenvalue weighted by Gasteiger charge is 2.31. The van der Waals surface area contributed by atoms with Gasteiger partial charge < -0.3 is 33.8 Å². The van der Waals surface area contributed by atoms with Gasteiger partial charge in [-0.2, -0.15) is 0 Å². The van der Waals surface area contributed by atoms with Crippen LogP contribution in [0, 0.1) is 5.92 Å². The number of aliphatic hydroxyl groups is 1. The van der Waals surface area contributed by atoms with E-state index in [1.165, 1.54) is 372 Å². The number of hydrogen-bond donors (Lipinski definition) is 3. The molecule has 0 heterocycles. The van der Waals surface area contributed by atoms with Crippen LogP contribution in [0.3, 0.4) is 0 Å². The molecule has 0 saturated heterocycles. The van der Waals surface area contributed by atoms with E-state index in [4.69, 9.17) is 37.0 Å². The highest BCUT2D eigenvalue weighted by Crippen LogP contribution is 2.45. The average molecular weight is 1720 g/mol. The van der Waals surface area contributed by atoms with E-state index in [0.717, 1.165) is 95.8 Å². The Bertz CT molecular complexity index is 2220. The maximum Gasteiger partial charge on any atom is 0.472 e. The van der Waals surface area contributed by atoms with Gasteiger partial charge in [0.15, 0.2) is 12.2 Å². The fourth-order valence-electron chi connectivity index (χ4n) is 15.8. The molecule has 0 fully saturated rings. The van der Waals surface area contributed by atoms with E-state index in [-0.39, 0.29) is 25.7 Å². The Morgan fingerprint density at radius 2 is 0.390 bits per heavy atom. The molecule has 17 nitrogen and oxygen atoms in total. The fourth-order valence-corrected chi connectivity index (χ4v) is 17.3. The van der Waals surface area contributed by atoms with Crippen LogP contribution in [-0.2, 0) is 65.4 Å². The van der Waals surface area contributed by atoms with Crippen molar-refractivity contribution in [3.63, 3.8) is 0 Å². The molecule has 0 aromatic heterocycles. The molecule has 702 valence electrons. The summed E-state index contributed by atoms with van der Waals surface area (Å²) in [6, 6.07) is 0. The van der Waals surface area contributed by atoms with Gasteiger partial charge in [-0.1, -0.05) is 497 Å². The molecule has 0 aliphatic heterocycles. The summed E-state index contributed by atoms with van der Waals surface area (Å²) in [7, 11) is -9.95. The van der Waals surface area contributed by atoms with E-state index in [1.54, 1.807) is 0 Å². The Hall–Kier alpha value is -1.94. The van der Waals surface area contributed by atoms with E-state index < -0.39 is 97.5 Å². The van der Waals surface area contributed by atoms with Gasteiger partial charge in [0.2, 0.25) is 0 Å². The van der Waals surface area contributed by atoms with E-state index in [0.29, 0.717) is 25.7 Å². The van der Waals surface area contributed by atoms with Gasteiger partial charge in [-0.3, -0.25) is 37.3 Å². The number of hydrogen-bond acceptors (Lipinski definition) is 15. The number of aliphatic hydroxyl groups excluding tert-OH is 1. The van der Waals surface area contributed by atoms with Crippen molar-refractivity contribution >= 4 is 39.5 Å². The van der Waals surface area contributed by atoms with Crippen molar-refractivity contribution in [2.75, 3.05) is 39.6 Å². The molecule has 0 saturated carbocycles. The summed E-state index contributed by atoms with van der Waals surface area (Å²) in [6.45, 7) is 7.41. The van der Waals surface area contributed by atoms with Crippen molar-refractivity contribution in [1.82, 2.24) is 0 Å². The van der Waals surface area contributed by atoms with Crippen LogP contribution in [0.25, 0.3) is 0 Å². The van der Waals surface area contributed by atoms with Gasteiger partial charge in [0.25, 0.3) is 0 Å². The lowest BCUT2D eigenvalue weighted by Gasteiger charge is -2.21. The molecule has 0 bridgehead atoms. The molecule has 0 aromatic carbocycles. The molecule has 0 amide bonds. The van der Waals surface area contributed by atoms with Gasteiger partial charge in [-0.25, -0.2) is 9.13 Å². The minimum absolute atomic E-state index is 0.109. The summed E-state index contributed by atoms with van der Waals surface area (Å²) < 4.78 is 69.3. The normalized spacial score (nSPS) is 13.6. The molecule has 0 aliphatic carbocycles. The van der Waals surface area contributed by atoms with Gasteiger partial charge in [0.05, 0.1) is 26.4 Å². The van der Waals surface area contributed by atoms with Crippen LogP contribution >= 0.6 is 15.6 Å². The molecule has 0 rings (SSSR count). The number of unbranched alkanes of at least 4 members (excludes halogenated alkanes) is 71. The largest absolute Gasteiger partial charge is 0.472 e. The smallest absolute Gasteiger partial charge is 0.462 e. The highest BCUT2D eigenvalue weighted by molar-refractivity contribution is 7.47. The number of rotatable bonds is 99. The number of ether oxygens (including phenoxy) is 4. The van der Waals surface area contributed by atoms with E-state index in [2.05, 4.69) is 34.6 Å². The monoisotopic (exact) mass is 1720 g/mol. The van der Waals surface area contributed by atoms with Crippen molar-refractivity contribution in [2.45, 2.75) is 567 Å². The average Bonchev–Trinajstić information content (AvgIpc) is 0.899. The summed E-state index contributed by atoms with van der Waals surface area (Å²) in [6.07, 6.45) is 90.8. The zero-order valence-electron chi connectivity index (χ0n) is 78.1. The Morgan fingerprint density at radius 1 is 0.229 bits per heavy atom. The first kappa shape index (κ1) is 116. The lowest BCUT2D eigenvalue weighted by molar-refractivity contribution is -0.161. The first-order valence-corrected chi connectivity index (χ1v) is 54.1. The summed E-state index contributed by atoms with van der Waals surface area (Å²) in [5, 5.41) is 10.7. The molecule has 0 radical (unpaired) electrons. The van der Waals surface area contributed by atoms with Crippen molar-refractivity contribution in [2.24, 2.45) is 5.92 Å². The van der Waals surface area contributed by atoms with Crippen molar-refractivity contribution in [1.29, 1.82) is 0 Å². The standard InChI is InChI=1S/C99H194O17P2/c1-6-9-12-15-18-21-24-27-30-33-36-39-42-45-48-51-54-57-62-67-72-77-82-96(101)109-88-94(115-98(103)84-79-74-69-63-58-55-52-49-46-43-40-37-34-31-28-25-22-19-16-13-10-7-2)90-113-117(105,106)111-86-93(100)87-112-118(107,108)114-91-95(89-110-97(102)83-78-73-68-65-60-61-66-71-76-81-92(4)5)116-99(104)85-80-75-70-64-59-56-53-50-47-44-41-38-35-32-29-26-23-20-17-14-11-8-3/h92-95,100H,6-91H2,1-5H3,(H,105,106)(H,107,108)/t93-,94-,95-/m1/s1. The van der Waals surface area contributed by atoms with Gasteiger partial charge >= 0.3 is 39.5 Å². The number of carbonyl (C=O) groups is 4. The Morgan fingerprint density at radius 3 is 0.576 bits per heavy atom. The second-order valence-corrected chi connectivity index (χ2v) is 38.9. The molecule has 5 atom stereocenters. The topological polar surface area (TPSA) is 237 Å². The Kier molecular flexibility index (Phi) is 89.8. The van der Waals surface area contributed by atoms with E-state index in [9.17, 15) is 43.2 Å². The number of esters is 4. The molecular weight excluding hydrogens is 1520 g/mol. The van der Waals surface area contributed by atoms with E-state index in [1.807, 2.05) is 0 Å². The van der Waals surface area contributed by atoms with E-state index >= 15 is 0 Å².